The molecule has 1 heterocycles. The maximum absolute atomic E-state index is 11.7. The Hall–Kier alpha value is -2.28. The van der Waals surface area contributed by atoms with Crippen LogP contribution in [-0.2, 0) is 9.84 Å². The monoisotopic (exact) mass is 435 g/mol. The van der Waals surface area contributed by atoms with Crippen LogP contribution in [0.4, 0.5) is 11.4 Å². The molecule has 146 valence electrons. The summed E-state index contributed by atoms with van der Waals surface area (Å²) in [5.41, 5.74) is 9.54. The molecule has 28 heavy (non-hydrogen) atoms. The molecule has 1 atom stereocenters. The minimum absolute atomic E-state index is 0.178. The Kier molecular flexibility index (Phi) is 5.84. The number of halogens is 2. The van der Waals surface area contributed by atoms with Crippen molar-refractivity contribution >= 4 is 44.4 Å². The third kappa shape index (κ3) is 4.41. The summed E-state index contributed by atoms with van der Waals surface area (Å²) in [6, 6.07) is 13.6. The first-order valence-electron chi connectivity index (χ1n) is 8.43. The first-order valence-corrected chi connectivity index (χ1v) is 11.1. The second kappa shape index (κ2) is 7.99. The summed E-state index contributed by atoms with van der Waals surface area (Å²) in [5, 5.41) is 4.18. The lowest BCUT2D eigenvalue weighted by atomic mass is 10.1. The number of hydrogen-bond donors (Lipinski definition) is 2. The van der Waals surface area contributed by atoms with Crippen LogP contribution in [0.2, 0.25) is 10.0 Å². The Labute approximate surface area is 174 Å². The van der Waals surface area contributed by atoms with E-state index in [1.165, 1.54) is 6.07 Å². The zero-order chi connectivity index (χ0) is 20.5. The average Bonchev–Trinajstić information content (AvgIpc) is 2.63. The smallest absolute Gasteiger partial charge is 0.175 e. The van der Waals surface area contributed by atoms with Gasteiger partial charge < -0.3 is 11.1 Å². The normalized spacial score (nSPS) is 12.6. The summed E-state index contributed by atoms with van der Waals surface area (Å²) in [6.45, 7) is 1.91. The van der Waals surface area contributed by atoms with E-state index in [-0.39, 0.29) is 10.9 Å². The summed E-state index contributed by atoms with van der Waals surface area (Å²) >= 11 is 12.7. The number of nitrogens with one attached hydrogen (secondary N) is 1. The Bertz CT molecular complexity index is 1120. The van der Waals surface area contributed by atoms with Crippen molar-refractivity contribution < 1.29 is 8.42 Å². The van der Waals surface area contributed by atoms with Crippen LogP contribution in [0.1, 0.15) is 18.5 Å². The maximum atomic E-state index is 11.7. The van der Waals surface area contributed by atoms with Gasteiger partial charge in [-0.25, -0.2) is 8.42 Å². The molecule has 0 spiro atoms. The molecule has 0 amide bonds. The van der Waals surface area contributed by atoms with Gasteiger partial charge in [-0.05, 0) is 48.9 Å². The molecule has 0 saturated heterocycles. The van der Waals surface area contributed by atoms with Crippen LogP contribution >= 0.6 is 23.2 Å². The number of nitrogens with zero attached hydrogens (tertiary/aromatic N) is 1. The number of anilines is 2. The second-order valence-electron chi connectivity index (χ2n) is 6.46. The molecule has 5 nitrogen and oxygen atoms in total. The third-order valence-electron chi connectivity index (χ3n) is 4.32. The van der Waals surface area contributed by atoms with Crippen LogP contribution in [0.15, 0.2) is 59.6 Å². The Morgan fingerprint density at radius 2 is 1.82 bits per heavy atom. The van der Waals surface area contributed by atoms with Gasteiger partial charge in [-0.2, -0.15) is 0 Å². The van der Waals surface area contributed by atoms with Gasteiger partial charge in [0.15, 0.2) is 9.84 Å². The maximum Gasteiger partial charge on any atom is 0.175 e. The molecule has 1 unspecified atom stereocenters. The minimum atomic E-state index is -3.32. The van der Waals surface area contributed by atoms with E-state index in [1.807, 2.05) is 31.2 Å². The van der Waals surface area contributed by atoms with Crippen molar-refractivity contribution in [2.24, 2.45) is 0 Å². The molecule has 0 aliphatic heterocycles. The van der Waals surface area contributed by atoms with Crippen molar-refractivity contribution in [2.75, 3.05) is 17.3 Å². The first-order chi connectivity index (χ1) is 13.2. The van der Waals surface area contributed by atoms with E-state index in [1.54, 1.807) is 24.4 Å². The Morgan fingerprint density at radius 1 is 1.07 bits per heavy atom. The molecule has 8 heteroatoms. The number of nitrogens with two attached hydrogens (primary N) is 1. The summed E-state index contributed by atoms with van der Waals surface area (Å²) < 4.78 is 23.4. The molecule has 3 N–H and O–H groups in total. The topological polar surface area (TPSA) is 85.1 Å². The molecule has 3 rings (SSSR count). The fourth-order valence-corrected chi connectivity index (χ4v) is 4.16. The van der Waals surface area contributed by atoms with Gasteiger partial charge >= 0.3 is 0 Å². The number of benzene rings is 2. The molecule has 2 aromatic carbocycles. The fraction of sp³-hybridized carbons (Fsp3) is 0.150. The largest absolute Gasteiger partial charge is 0.397 e. The van der Waals surface area contributed by atoms with Crippen LogP contribution < -0.4 is 11.1 Å². The summed E-state index contributed by atoms with van der Waals surface area (Å²) in [4.78, 5) is 4.51. The number of sulfone groups is 1. The first kappa shape index (κ1) is 20.5. The highest BCUT2D eigenvalue weighted by atomic mass is 35.5. The van der Waals surface area contributed by atoms with E-state index in [2.05, 4.69) is 10.3 Å². The zero-order valence-corrected chi connectivity index (χ0v) is 17.6. The number of nitrogen functional groups attached to an aromatic ring is 1. The van der Waals surface area contributed by atoms with Crippen LogP contribution in [0.3, 0.4) is 0 Å². The predicted molar refractivity (Wildman–Crippen MR) is 116 cm³/mol. The lowest BCUT2D eigenvalue weighted by Crippen LogP contribution is -2.10. The quantitative estimate of drug-likeness (QED) is 0.536. The van der Waals surface area contributed by atoms with E-state index in [0.717, 1.165) is 23.1 Å². The van der Waals surface area contributed by atoms with Gasteiger partial charge in [0.05, 0.1) is 33.0 Å². The van der Waals surface area contributed by atoms with Gasteiger partial charge in [-0.15, -0.1) is 0 Å². The number of rotatable bonds is 5. The van der Waals surface area contributed by atoms with Crippen LogP contribution in [0.5, 0.6) is 0 Å². The fourth-order valence-electron chi connectivity index (χ4n) is 2.83. The van der Waals surface area contributed by atoms with Crippen molar-refractivity contribution in [1.82, 2.24) is 4.98 Å². The predicted octanol–water partition coefficient (Wildman–Crippen LogP) is 5.21. The Balaban J connectivity index is 1.93. The zero-order valence-electron chi connectivity index (χ0n) is 15.3. The summed E-state index contributed by atoms with van der Waals surface area (Å²) in [6.07, 6.45) is 2.84. The molecule has 0 fully saturated rings. The molecule has 0 saturated carbocycles. The third-order valence-corrected chi connectivity index (χ3v) is 6.07. The standard InChI is InChI=1S/C20H19Cl2N3O2S/c1-12(14-7-6-13(9-16(14)21)28(2,26)27)25-20-10-15(17(22)11-18(20)23)19-5-3-4-8-24-19/h3-12,25H,23H2,1-2H3. The second-order valence-corrected chi connectivity index (χ2v) is 9.29. The molecule has 0 radical (unpaired) electrons. The molecule has 0 aliphatic carbocycles. The van der Waals surface area contributed by atoms with E-state index in [4.69, 9.17) is 28.9 Å². The molecule has 0 aliphatic rings. The van der Waals surface area contributed by atoms with Gasteiger partial charge in [-0.3, -0.25) is 4.98 Å². The van der Waals surface area contributed by atoms with Gasteiger partial charge in [0.25, 0.3) is 0 Å². The van der Waals surface area contributed by atoms with Crippen molar-refractivity contribution in [3.05, 3.63) is 70.3 Å². The highest BCUT2D eigenvalue weighted by molar-refractivity contribution is 7.90. The Morgan fingerprint density at radius 3 is 2.43 bits per heavy atom. The minimum Gasteiger partial charge on any atom is -0.397 e. The SMILES string of the molecule is CC(Nc1cc(-c2ccccn2)c(Cl)cc1N)c1ccc(S(C)(=O)=O)cc1Cl. The van der Waals surface area contributed by atoms with E-state index < -0.39 is 9.84 Å². The van der Waals surface area contributed by atoms with E-state index >= 15 is 0 Å². The van der Waals surface area contributed by atoms with Crippen LogP contribution in [0.25, 0.3) is 11.3 Å². The average molecular weight is 436 g/mol. The van der Waals surface area contributed by atoms with Gasteiger partial charge in [0.1, 0.15) is 0 Å². The van der Waals surface area contributed by atoms with E-state index in [9.17, 15) is 8.42 Å². The van der Waals surface area contributed by atoms with E-state index in [0.29, 0.717) is 21.4 Å². The molecule has 1 aromatic heterocycles. The van der Waals surface area contributed by atoms with Gasteiger partial charge in [0, 0.05) is 23.0 Å². The van der Waals surface area contributed by atoms with Gasteiger partial charge in [-0.1, -0.05) is 35.3 Å². The lowest BCUT2D eigenvalue weighted by molar-refractivity contribution is 0.602. The van der Waals surface area contributed by atoms with Crippen molar-refractivity contribution in [3.63, 3.8) is 0 Å². The number of pyridine rings is 1. The number of aromatic nitrogens is 1. The molecule has 0 bridgehead atoms. The highest BCUT2D eigenvalue weighted by Gasteiger charge is 2.16. The van der Waals surface area contributed by atoms with Gasteiger partial charge in [0.2, 0.25) is 0 Å². The van der Waals surface area contributed by atoms with Crippen molar-refractivity contribution in [1.29, 1.82) is 0 Å². The molecular weight excluding hydrogens is 417 g/mol. The lowest BCUT2D eigenvalue weighted by Gasteiger charge is -2.20. The summed E-state index contributed by atoms with van der Waals surface area (Å²) in [7, 11) is -3.32. The molecular formula is C20H19Cl2N3O2S. The van der Waals surface area contributed by atoms with Crippen LogP contribution in [-0.4, -0.2) is 19.7 Å². The highest BCUT2D eigenvalue weighted by Crippen LogP contribution is 2.36. The molecule has 3 aromatic rings. The van der Waals surface area contributed by atoms with Crippen molar-refractivity contribution in [3.8, 4) is 11.3 Å². The van der Waals surface area contributed by atoms with Crippen LogP contribution in [0, 0.1) is 0 Å². The summed E-state index contributed by atoms with van der Waals surface area (Å²) in [5.74, 6) is 0. The number of hydrogen-bond acceptors (Lipinski definition) is 5. The van der Waals surface area contributed by atoms with Crippen molar-refractivity contribution in [2.45, 2.75) is 17.9 Å².